The van der Waals surface area contributed by atoms with E-state index >= 15 is 0 Å². The molecule has 0 aliphatic heterocycles. The summed E-state index contributed by atoms with van der Waals surface area (Å²) in [5.41, 5.74) is 23.3. The van der Waals surface area contributed by atoms with Gasteiger partial charge in [-0.3, -0.25) is 15.0 Å². The first-order valence-corrected chi connectivity index (χ1v) is 35.0. The molecule has 5 heterocycles. The molecule has 7 nitrogen and oxygen atoms in total. The van der Waals surface area contributed by atoms with E-state index in [2.05, 4.69) is 324 Å². The van der Waals surface area contributed by atoms with E-state index in [0.29, 0.717) is 11.6 Å². The molecule has 0 amide bonds. The van der Waals surface area contributed by atoms with Crippen LogP contribution in [-0.4, -0.2) is 34.9 Å². The van der Waals surface area contributed by atoms with Crippen LogP contribution < -0.4 is 0 Å². The van der Waals surface area contributed by atoms with Gasteiger partial charge in [0.05, 0.1) is 22.8 Å². The molecule has 0 unspecified atom stereocenters. The molecular formula is C97H63N7. The van der Waals surface area contributed by atoms with Gasteiger partial charge < -0.3 is 0 Å². The lowest BCUT2D eigenvalue weighted by Crippen LogP contribution is -1.97. The van der Waals surface area contributed by atoms with Gasteiger partial charge in [-0.2, -0.15) is 0 Å². The number of aromatic nitrogens is 7. The molecule has 5 aromatic heterocycles. The molecule has 0 spiro atoms. The molecule has 19 rings (SSSR count). The van der Waals surface area contributed by atoms with Crippen molar-refractivity contribution in [3.05, 3.63) is 383 Å². The first-order chi connectivity index (χ1) is 51.6. The minimum absolute atomic E-state index is 0.676. The van der Waals surface area contributed by atoms with Crippen LogP contribution in [0.2, 0.25) is 0 Å². The van der Waals surface area contributed by atoms with Crippen molar-refractivity contribution in [3.8, 4) is 135 Å². The zero-order valence-electron chi connectivity index (χ0n) is 56.5. The number of nitrogens with zero attached hydrogens (tertiary/aromatic N) is 7. The molecule has 0 aliphatic rings. The second kappa shape index (κ2) is 27.6. The van der Waals surface area contributed by atoms with E-state index in [4.69, 9.17) is 19.9 Å². The Labute approximate surface area is 602 Å². The fraction of sp³-hybridized carbons (Fsp3) is 0. The fourth-order valence-corrected chi connectivity index (χ4v) is 14.8. The topological polar surface area (TPSA) is 90.2 Å². The van der Waals surface area contributed by atoms with E-state index in [0.717, 1.165) is 100 Å². The lowest BCUT2D eigenvalue weighted by molar-refractivity contribution is 1.18. The van der Waals surface area contributed by atoms with Crippen molar-refractivity contribution in [3.63, 3.8) is 0 Å². The largest absolute Gasteiger partial charge is 0.264 e. The SMILES string of the molecule is c1ccc(-c2c3ccccc3c(-c3cccc(-c4nc(-c5cccc(-c6cccnc6)c5)cc(-c5cccc6ccccc56)n4)c3)c3ccccc23)cc1.c1ccc(-c2cc(-c3cccc(-c4cccnc4)c3)nc(-c3cccc(-c4c5ccccc5c(-c5cccnc5)c5ccccc45)c3)n2)cc1. The Bertz CT molecular complexity index is 6290. The molecule has 0 atom stereocenters. The Balaban J connectivity index is 0.000000149. The summed E-state index contributed by atoms with van der Waals surface area (Å²) < 4.78 is 0. The van der Waals surface area contributed by atoms with Crippen molar-refractivity contribution in [2.75, 3.05) is 0 Å². The molecule has 486 valence electrons. The highest BCUT2D eigenvalue weighted by molar-refractivity contribution is 6.23. The van der Waals surface area contributed by atoms with Gasteiger partial charge in [-0.1, -0.05) is 291 Å². The molecule has 104 heavy (non-hydrogen) atoms. The van der Waals surface area contributed by atoms with Gasteiger partial charge in [-0.05, 0) is 159 Å². The van der Waals surface area contributed by atoms with Crippen molar-refractivity contribution in [2.24, 2.45) is 0 Å². The van der Waals surface area contributed by atoms with Gasteiger partial charge >= 0.3 is 0 Å². The zero-order chi connectivity index (χ0) is 69.1. The van der Waals surface area contributed by atoms with Crippen LogP contribution in [0.3, 0.4) is 0 Å². The second-order valence-corrected chi connectivity index (χ2v) is 25.9. The highest BCUT2D eigenvalue weighted by atomic mass is 14.9. The third kappa shape index (κ3) is 12.1. The van der Waals surface area contributed by atoms with Gasteiger partial charge in [0.1, 0.15) is 0 Å². The predicted molar refractivity (Wildman–Crippen MR) is 430 cm³/mol. The minimum Gasteiger partial charge on any atom is -0.264 e. The van der Waals surface area contributed by atoms with Gasteiger partial charge in [0.15, 0.2) is 11.6 Å². The van der Waals surface area contributed by atoms with Gasteiger partial charge in [-0.25, -0.2) is 19.9 Å². The van der Waals surface area contributed by atoms with Crippen LogP contribution in [0, 0.1) is 0 Å². The van der Waals surface area contributed by atoms with Gasteiger partial charge in [0.25, 0.3) is 0 Å². The number of rotatable bonds is 12. The molecule has 0 saturated heterocycles. The number of benzene rings is 14. The van der Waals surface area contributed by atoms with E-state index in [1.807, 2.05) is 61.2 Å². The molecule has 0 aliphatic carbocycles. The molecule has 14 aromatic carbocycles. The van der Waals surface area contributed by atoms with Crippen molar-refractivity contribution < 1.29 is 0 Å². The number of hydrogen-bond donors (Lipinski definition) is 0. The summed E-state index contributed by atoms with van der Waals surface area (Å²) in [6.07, 6.45) is 11.2. The maximum Gasteiger partial charge on any atom is 0.160 e. The lowest BCUT2D eigenvalue weighted by atomic mass is 9.85. The summed E-state index contributed by atoms with van der Waals surface area (Å²) in [6, 6.07) is 122. The Morgan fingerprint density at radius 3 is 0.894 bits per heavy atom. The molecule has 0 radical (unpaired) electrons. The Hall–Kier alpha value is -14.0. The molecular weight excluding hydrogens is 1260 g/mol. The lowest BCUT2D eigenvalue weighted by Gasteiger charge is -2.18. The number of fused-ring (bicyclic) bond motifs is 5. The van der Waals surface area contributed by atoms with Crippen LogP contribution >= 0.6 is 0 Å². The summed E-state index contributed by atoms with van der Waals surface area (Å²) in [4.78, 5) is 34.2. The van der Waals surface area contributed by atoms with Gasteiger partial charge in [0.2, 0.25) is 0 Å². The first-order valence-electron chi connectivity index (χ1n) is 35.0. The van der Waals surface area contributed by atoms with Crippen molar-refractivity contribution in [1.82, 2.24) is 34.9 Å². The standard InChI is InChI=1S/C51H33N3.C46H30N4/c1-2-15-35(16-3-1)49-43-24-6-8-26-45(43)50(46-27-9-7-25-44(46)49)38-20-11-21-39(31-38)51-53-47(37-19-10-18-36(30-37)40-22-13-29-52-33-40)32-48(54-51)42-28-12-17-34-14-4-5-23-41(34)42;1-2-12-31(13-3-1)42-28-43(33-15-8-14-32(26-33)36-18-10-24-47-29-36)50-46(49-42)35-17-9-16-34(27-35)44-38-20-4-6-22-40(38)45(37-19-11-25-48-30-37)41-23-7-5-21-39(41)44/h1-33H;1-30H. The minimum atomic E-state index is 0.676. The van der Waals surface area contributed by atoms with Crippen molar-refractivity contribution >= 4 is 53.9 Å². The summed E-state index contributed by atoms with van der Waals surface area (Å²) >= 11 is 0. The predicted octanol–water partition coefficient (Wildman–Crippen LogP) is 24.9. The number of hydrogen-bond acceptors (Lipinski definition) is 7. The normalized spacial score (nSPS) is 11.3. The first kappa shape index (κ1) is 62.3. The smallest absolute Gasteiger partial charge is 0.160 e. The summed E-state index contributed by atoms with van der Waals surface area (Å²) in [7, 11) is 0. The van der Waals surface area contributed by atoms with Crippen molar-refractivity contribution in [2.45, 2.75) is 0 Å². The molecule has 19 aromatic rings. The Morgan fingerprint density at radius 2 is 0.452 bits per heavy atom. The molecule has 0 N–H and O–H groups in total. The van der Waals surface area contributed by atoms with E-state index in [-0.39, 0.29) is 0 Å². The molecule has 0 saturated carbocycles. The number of pyridine rings is 3. The van der Waals surface area contributed by atoms with E-state index < -0.39 is 0 Å². The van der Waals surface area contributed by atoms with Crippen LogP contribution in [0.1, 0.15) is 0 Å². The average molecular weight is 1330 g/mol. The average Bonchev–Trinajstić information content (AvgIpc) is 0.742. The third-order valence-electron chi connectivity index (χ3n) is 19.6. The van der Waals surface area contributed by atoms with Crippen LogP contribution in [0.5, 0.6) is 0 Å². The molecule has 0 bridgehead atoms. The van der Waals surface area contributed by atoms with E-state index in [1.165, 1.54) is 76.3 Å². The van der Waals surface area contributed by atoms with E-state index in [9.17, 15) is 0 Å². The fourth-order valence-electron chi connectivity index (χ4n) is 14.8. The monoisotopic (exact) mass is 1330 g/mol. The van der Waals surface area contributed by atoms with Crippen molar-refractivity contribution in [1.29, 1.82) is 0 Å². The highest BCUT2D eigenvalue weighted by Gasteiger charge is 2.22. The summed E-state index contributed by atoms with van der Waals surface area (Å²) in [6.45, 7) is 0. The Morgan fingerprint density at radius 1 is 0.163 bits per heavy atom. The molecule has 0 fully saturated rings. The van der Waals surface area contributed by atoms with E-state index in [1.54, 1.807) is 12.4 Å². The van der Waals surface area contributed by atoms with Crippen LogP contribution in [0.15, 0.2) is 383 Å². The van der Waals surface area contributed by atoms with Crippen LogP contribution in [0.4, 0.5) is 0 Å². The maximum atomic E-state index is 5.32. The third-order valence-corrected chi connectivity index (χ3v) is 19.6. The van der Waals surface area contributed by atoms with Gasteiger partial charge in [-0.15, -0.1) is 0 Å². The highest BCUT2D eigenvalue weighted by Crippen LogP contribution is 2.47. The summed E-state index contributed by atoms with van der Waals surface area (Å²) in [5, 5.41) is 12.0. The molecule has 7 heteroatoms. The van der Waals surface area contributed by atoms with Crippen LogP contribution in [0.25, 0.3) is 188 Å². The second-order valence-electron chi connectivity index (χ2n) is 25.9. The van der Waals surface area contributed by atoms with Crippen LogP contribution in [-0.2, 0) is 0 Å². The van der Waals surface area contributed by atoms with Gasteiger partial charge in [0, 0.05) is 87.3 Å². The Kier molecular flexibility index (Phi) is 16.5. The maximum absolute atomic E-state index is 5.32. The zero-order valence-corrected chi connectivity index (χ0v) is 56.5. The summed E-state index contributed by atoms with van der Waals surface area (Å²) in [5.74, 6) is 1.36. The quantitative estimate of drug-likeness (QED) is 0.113.